The first-order chi connectivity index (χ1) is 5.52. The Balaban J connectivity index is 2.19. The molecule has 3 N–H and O–H groups in total. The maximum Gasteiger partial charge on any atom is 0.0667 e. The lowest BCUT2D eigenvalue weighted by molar-refractivity contribution is -0.0860. The second-order valence-corrected chi connectivity index (χ2v) is 5.23. The lowest BCUT2D eigenvalue weighted by Gasteiger charge is -2.50. The van der Waals surface area contributed by atoms with E-state index >= 15 is 0 Å². The Morgan fingerprint density at radius 2 is 2.08 bits per heavy atom. The number of fused-ring (bicyclic) bond motifs is 2. The molecule has 0 aromatic heterocycles. The number of hydrogen-bond acceptors (Lipinski definition) is 2. The van der Waals surface area contributed by atoms with E-state index in [1.165, 1.54) is 12.8 Å². The molecule has 3 unspecified atom stereocenters. The fourth-order valence-corrected chi connectivity index (χ4v) is 3.36. The van der Waals surface area contributed by atoms with Crippen LogP contribution < -0.4 is 5.73 Å². The summed E-state index contributed by atoms with van der Waals surface area (Å²) in [6.45, 7) is 2.27. The highest BCUT2D eigenvalue weighted by molar-refractivity contribution is 5.00. The molecule has 70 valence electrons. The predicted octanol–water partition coefficient (Wildman–Crippen LogP) is 1.42. The lowest BCUT2D eigenvalue weighted by atomic mass is 9.59. The van der Waals surface area contributed by atoms with Crippen LogP contribution in [0, 0.1) is 5.41 Å². The fourth-order valence-electron chi connectivity index (χ4n) is 3.36. The second kappa shape index (κ2) is 2.46. The smallest absolute Gasteiger partial charge is 0.0667 e. The van der Waals surface area contributed by atoms with Crippen molar-refractivity contribution in [3.05, 3.63) is 0 Å². The standard InChI is InChI=1S/C10H19NO/c1-9-3-2-4-10(12,7-9)6-8(11)5-9/h8,12H,2-7,11H2,1H3. The van der Waals surface area contributed by atoms with Gasteiger partial charge in [-0.1, -0.05) is 13.3 Å². The van der Waals surface area contributed by atoms with Crippen molar-refractivity contribution in [1.29, 1.82) is 0 Å². The van der Waals surface area contributed by atoms with Crippen LogP contribution in [0.4, 0.5) is 0 Å². The van der Waals surface area contributed by atoms with Crippen molar-refractivity contribution in [2.24, 2.45) is 11.1 Å². The van der Waals surface area contributed by atoms with Gasteiger partial charge in [-0.3, -0.25) is 0 Å². The van der Waals surface area contributed by atoms with Gasteiger partial charge < -0.3 is 10.8 Å². The zero-order valence-corrected chi connectivity index (χ0v) is 7.84. The molecule has 2 aliphatic rings. The van der Waals surface area contributed by atoms with Crippen molar-refractivity contribution < 1.29 is 5.11 Å². The van der Waals surface area contributed by atoms with E-state index in [-0.39, 0.29) is 6.04 Å². The van der Waals surface area contributed by atoms with Gasteiger partial charge in [0, 0.05) is 6.04 Å². The van der Waals surface area contributed by atoms with Crippen LogP contribution in [0.25, 0.3) is 0 Å². The Morgan fingerprint density at radius 3 is 2.75 bits per heavy atom. The van der Waals surface area contributed by atoms with Crippen molar-refractivity contribution in [3.8, 4) is 0 Å². The van der Waals surface area contributed by atoms with Gasteiger partial charge in [0.15, 0.2) is 0 Å². The third-order valence-corrected chi connectivity index (χ3v) is 3.58. The molecular weight excluding hydrogens is 150 g/mol. The van der Waals surface area contributed by atoms with Crippen LogP contribution in [0.5, 0.6) is 0 Å². The summed E-state index contributed by atoms with van der Waals surface area (Å²) in [5.41, 5.74) is 5.86. The van der Waals surface area contributed by atoms with Crippen LogP contribution in [0.15, 0.2) is 0 Å². The normalized spacial score (nSPS) is 53.8. The second-order valence-electron chi connectivity index (χ2n) is 5.23. The molecule has 2 nitrogen and oxygen atoms in total. The molecule has 12 heavy (non-hydrogen) atoms. The Kier molecular flexibility index (Phi) is 1.74. The van der Waals surface area contributed by atoms with Gasteiger partial charge in [-0.2, -0.15) is 0 Å². The molecule has 2 fully saturated rings. The summed E-state index contributed by atoms with van der Waals surface area (Å²) >= 11 is 0. The summed E-state index contributed by atoms with van der Waals surface area (Å²) in [7, 11) is 0. The van der Waals surface area contributed by atoms with Crippen LogP contribution in [-0.4, -0.2) is 16.7 Å². The Bertz CT molecular complexity index is 176. The first-order valence-electron chi connectivity index (χ1n) is 4.99. The van der Waals surface area contributed by atoms with E-state index in [1.807, 2.05) is 0 Å². The Labute approximate surface area is 74.1 Å². The van der Waals surface area contributed by atoms with E-state index < -0.39 is 5.60 Å². The number of aliphatic hydroxyl groups is 1. The molecule has 3 atom stereocenters. The first-order valence-corrected chi connectivity index (χ1v) is 4.99. The average Bonchev–Trinajstić information content (AvgIpc) is 1.79. The number of nitrogens with two attached hydrogens (primary N) is 1. The van der Waals surface area contributed by atoms with E-state index in [9.17, 15) is 5.11 Å². The summed E-state index contributed by atoms with van der Waals surface area (Å²) in [6.07, 6.45) is 6.31. The minimum atomic E-state index is -0.412. The molecule has 0 aromatic rings. The van der Waals surface area contributed by atoms with Crippen molar-refractivity contribution in [1.82, 2.24) is 0 Å². The molecule has 0 radical (unpaired) electrons. The summed E-state index contributed by atoms with van der Waals surface area (Å²) in [6, 6.07) is 0.231. The Hall–Kier alpha value is -0.0800. The SMILES string of the molecule is CC12CCCC(O)(CC(N)C1)C2. The van der Waals surface area contributed by atoms with Crippen LogP contribution in [0.3, 0.4) is 0 Å². The minimum absolute atomic E-state index is 0.231. The number of hydrogen-bond donors (Lipinski definition) is 2. The van der Waals surface area contributed by atoms with Crippen molar-refractivity contribution in [3.63, 3.8) is 0 Å². The van der Waals surface area contributed by atoms with Gasteiger partial charge in [0.05, 0.1) is 5.60 Å². The summed E-state index contributed by atoms with van der Waals surface area (Å²) < 4.78 is 0. The highest BCUT2D eigenvalue weighted by Crippen LogP contribution is 2.50. The van der Waals surface area contributed by atoms with E-state index in [0.717, 1.165) is 25.7 Å². The van der Waals surface area contributed by atoms with Crippen LogP contribution >= 0.6 is 0 Å². The van der Waals surface area contributed by atoms with Gasteiger partial charge in [-0.05, 0) is 37.5 Å². The first kappa shape index (κ1) is 8.52. The Morgan fingerprint density at radius 1 is 1.33 bits per heavy atom. The maximum absolute atomic E-state index is 10.2. The summed E-state index contributed by atoms with van der Waals surface area (Å²) in [4.78, 5) is 0. The van der Waals surface area contributed by atoms with Gasteiger partial charge in [0.1, 0.15) is 0 Å². The molecule has 0 amide bonds. The molecule has 0 heterocycles. The zero-order chi connectivity index (χ0) is 8.82. The van der Waals surface area contributed by atoms with Gasteiger partial charge in [-0.25, -0.2) is 0 Å². The van der Waals surface area contributed by atoms with Gasteiger partial charge >= 0.3 is 0 Å². The third kappa shape index (κ3) is 1.38. The quantitative estimate of drug-likeness (QED) is 0.576. The van der Waals surface area contributed by atoms with E-state index in [1.54, 1.807) is 0 Å². The van der Waals surface area contributed by atoms with Crippen LogP contribution in [0.2, 0.25) is 0 Å². The molecule has 2 bridgehead atoms. The molecule has 2 rings (SSSR count). The van der Waals surface area contributed by atoms with Gasteiger partial charge in [0.2, 0.25) is 0 Å². The molecule has 2 saturated carbocycles. The molecule has 0 aliphatic heterocycles. The number of rotatable bonds is 0. The van der Waals surface area contributed by atoms with Crippen molar-refractivity contribution in [2.45, 2.75) is 57.1 Å². The highest BCUT2D eigenvalue weighted by Gasteiger charge is 2.46. The monoisotopic (exact) mass is 169 g/mol. The van der Waals surface area contributed by atoms with Crippen molar-refractivity contribution >= 4 is 0 Å². The van der Waals surface area contributed by atoms with Crippen LogP contribution in [-0.2, 0) is 0 Å². The topological polar surface area (TPSA) is 46.2 Å². The average molecular weight is 169 g/mol. The summed E-state index contributed by atoms with van der Waals surface area (Å²) in [5.74, 6) is 0. The van der Waals surface area contributed by atoms with Crippen molar-refractivity contribution in [2.75, 3.05) is 0 Å². The molecule has 2 aliphatic carbocycles. The molecule has 2 heteroatoms. The largest absolute Gasteiger partial charge is 0.390 e. The predicted molar refractivity (Wildman–Crippen MR) is 48.7 cm³/mol. The van der Waals surface area contributed by atoms with Gasteiger partial charge in [-0.15, -0.1) is 0 Å². The highest BCUT2D eigenvalue weighted by atomic mass is 16.3. The van der Waals surface area contributed by atoms with E-state index in [2.05, 4.69) is 6.92 Å². The molecular formula is C10H19NO. The zero-order valence-electron chi connectivity index (χ0n) is 7.84. The van der Waals surface area contributed by atoms with Crippen LogP contribution in [0.1, 0.15) is 45.4 Å². The molecule has 0 spiro atoms. The lowest BCUT2D eigenvalue weighted by Crippen LogP contribution is -2.51. The molecule has 0 aromatic carbocycles. The molecule has 0 saturated heterocycles. The fraction of sp³-hybridized carbons (Fsp3) is 1.00. The van der Waals surface area contributed by atoms with Gasteiger partial charge in [0.25, 0.3) is 0 Å². The van der Waals surface area contributed by atoms with E-state index in [4.69, 9.17) is 5.73 Å². The minimum Gasteiger partial charge on any atom is -0.390 e. The maximum atomic E-state index is 10.2. The summed E-state index contributed by atoms with van der Waals surface area (Å²) in [5, 5.41) is 10.2. The third-order valence-electron chi connectivity index (χ3n) is 3.58. The van der Waals surface area contributed by atoms with E-state index in [0.29, 0.717) is 5.41 Å².